The third-order valence-electron chi connectivity index (χ3n) is 2.94. The number of benzene rings is 1. The maximum absolute atomic E-state index is 13.3. The van der Waals surface area contributed by atoms with Gasteiger partial charge in [0, 0.05) is 32.0 Å². The summed E-state index contributed by atoms with van der Waals surface area (Å²) in [5.41, 5.74) is 2.55. The van der Waals surface area contributed by atoms with Gasteiger partial charge in [0.15, 0.2) is 5.82 Å². The van der Waals surface area contributed by atoms with Crippen molar-refractivity contribution in [2.24, 2.45) is 0 Å². The molecule has 0 aliphatic rings. The molecule has 0 atom stereocenters. The van der Waals surface area contributed by atoms with E-state index in [1.54, 1.807) is 19.4 Å². The molecule has 1 heterocycles. The van der Waals surface area contributed by atoms with E-state index in [-0.39, 0.29) is 5.82 Å². The maximum Gasteiger partial charge on any atom is 0.159 e. The number of ether oxygens (including phenoxy) is 1. The Morgan fingerprint density at radius 1 is 1.30 bits per heavy atom. The minimum Gasteiger partial charge on any atom is -0.383 e. The Kier molecular flexibility index (Phi) is 5.15. The summed E-state index contributed by atoms with van der Waals surface area (Å²) in [6.45, 7) is 3.96. The Morgan fingerprint density at radius 3 is 2.95 bits per heavy atom. The van der Waals surface area contributed by atoms with Gasteiger partial charge in [0.25, 0.3) is 0 Å². The zero-order valence-corrected chi connectivity index (χ0v) is 11.7. The number of methoxy groups -OCH3 is 1. The number of aromatic nitrogens is 2. The molecule has 2 aromatic rings. The smallest absolute Gasteiger partial charge is 0.159 e. The van der Waals surface area contributed by atoms with E-state index in [2.05, 4.69) is 15.3 Å². The maximum atomic E-state index is 13.3. The van der Waals surface area contributed by atoms with E-state index in [1.807, 2.05) is 13.0 Å². The van der Waals surface area contributed by atoms with Crippen molar-refractivity contribution >= 4 is 0 Å². The molecule has 20 heavy (non-hydrogen) atoms. The molecule has 0 fully saturated rings. The number of rotatable bonds is 6. The van der Waals surface area contributed by atoms with Crippen LogP contribution in [0.15, 0.2) is 30.5 Å². The first-order chi connectivity index (χ1) is 9.70. The van der Waals surface area contributed by atoms with Crippen LogP contribution in [0.3, 0.4) is 0 Å². The van der Waals surface area contributed by atoms with Crippen LogP contribution in [0.4, 0.5) is 4.39 Å². The van der Waals surface area contributed by atoms with E-state index >= 15 is 0 Å². The number of hydrogen-bond acceptors (Lipinski definition) is 4. The Morgan fingerprint density at radius 2 is 2.15 bits per heavy atom. The van der Waals surface area contributed by atoms with Crippen LogP contribution < -0.4 is 5.32 Å². The molecule has 1 aromatic carbocycles. The van der Waals surface area contributed by atoms with Crippen molar-refractivity contribution in [1.29, 1.82) is 0 Å². The van der Waals surface area contributed by atoms with Crippen molar-refractivity contribution < 1.29 is 9.13 Å². The average Bonchev–Trinajstić information content (AvgIpc) is 2.46. The molecule has 1 aromatic heterocycles. The summed E-state index contributed by atoms with van der Waals surface area (Å²) in [7, 11) is 1.66. The van der Waals surface area contributed by atoms with Gasteiger partial charge in [-0.25, -0.2) is 14.4 Å². The van der Waals surface area contributed by atoms with Gasteiger partial charge in [-0.15, -0.1) is 0 Å². The molecule has 1 N–H and O–H groups in total. The van der Waals surface area contributed by atoms with E-state index in [0.717, 1.165) is 23.4 Å². The molecule has 0 unspecified atom stereocenters. The third kappa shape index (κ3) is 3.82. The average molecular weight is 275 g/mol. The highest BCUT2D eigenvalue weighted by molar-refractivity contribution is 5.59. The van der Waals surface area contributed by atoms with Gasteiger partial charge in [-0.3, -0.25) is 0 Å². The van der Waals surface area contributed by atoms with E-state index in [1.165, 1.54) is 12.1 Å². The first-order valence-electron chi connectivity index (χ1n) is 6.49. The van der Waals surface area contributed by atoms with E-state index in [9.17, 15) is 4.39 Å². The molecular formula is C15H18FN3O. The van der Waals surface area contributed by atoms with Crippen LogP contribution in [0.2, 0.25) is 0 Å². The van der Waals surface area contributed by atoms with Crippen LogP contribution in [0.5, 0.6) is 0 Å². The predicted molar refractivity (Wildman–Crippen MR) is 75.7 cm³/mol. The molecule has 2 rings (SSSR count). The second kappa shape index (κ2) is 7.07. The Labute approximate surface area is 118 Å². The lowest BCUT2D eigenvalue weighted by Crippen LogP contribution is -2.19. The van der Waals surface area contributed by atoms with Gasteiger partial charge in [0.1, 0.15) is 5.82 Å². The molecule has 0 aliphatic carbocycles. The quantitative estimate of drug-likeness (QED) is 0.822. The van der Waals surface area contributed by atoms with Crippen molar-refractivity contribution in [3.05, 3.63) is 47.5 Å². The van der Waals surface area contributed by atoms with Gasteiger partial charge in [-0.05, 0) is 30.7 Å². The molecule has 0 aliphatic heterocycles. The minimum atomic E-state index is -0.280. The van der Waals surface area contributed by atoms with Crippen LogP contribution in [0.25, 0.3) is 11.4 Å². The standard InChI is InChI=1S/C15H18FN3O/c1-11-3-4-12(16)9-14(11)15-18-6-5-13(19-15)10-17-7-8-20-2/h3-6,9,17H,7-8,10H2,1-2H3. The Bertz CT molecular complexity index is 575. The molecule has 0 amide bonds. The molecule has 0 spiro atoms. The Hall–Kier alpha value is -1.85. The summed E-state index contributed by atoms with van der Waals surface area (Å²) >= 11 is 0. The number of nitrogens with zero attached hydrogens (tertiary/aromatic N) is 2. The lowest BCUT2D eigenvalue weighted by atomic mass is 10.1. The highest BCUT2D eigenvalue weighted by Gasteiger charge is 2.07. The van der Waals surface area contributed by atoms with E-state index in [4.69, 9.17) is 4.74 Å². The zero-order chi connectivity index (χ0) is 14.4. The van der Waals surface area contributed by atoms with Gasteiger partial charge in [0.2, 0.25) is 0 Å². The monoisotopic (exact) mass is 275 g/mol. The summed E-state index contributed by atoms with van der Waals surface area (Å²) in [6.07, 6.45) is 1.69. The van der Waals surface area contributed by atoms with Crippen molar-refractivity contribution in [1.82, 2.24) is 15.3 Å². The summed E-state index contributed by atoms with van der Waals surface area (Å²) in [5, 5.41) is 3.22. The predicted octanol–water partition coefficient (Wildman–Crippen LogP) is 2.33. The topological polar surface area (TPSA) is 47.0 Å². The number of halogens is 1. The molecule has 0 saturated heterocycles. The summed E-state index contributed by atoms with van der Waals surface area (Å²) in [6, 6.07) is 6.48. The van der Waals surface area contributed by atoms with Gasteiger partial charge in [-0.1, -0.05) is 6.07 Å². The fourth-order valence-corrected chi connectivity index (χ4v) is 1.85. The normalized spacial score (nSPS) is 10.8. The molecule has 106 valence electrons. The molecule has 0 bridgehead atoms. The summed E-state index contributed by atoms with van der Waals surface area (Å²) < 4.78 is 18.3. The number of aryl methyl sites for hydroxylation is 1. The van der Waals surface area contributed by atoms with Gasteiger partial charge < -0.3 is 10.1 Å². The molecule has 5 heteroatoms. The zero-order valence-electron chi connectivity index (χ0n) is 11.7. The van der Waals surface area contributed by atoms with Crippen LogP contribution in [0, 0.1) is 12.7 Å². The van der Waals surface area contributed by atoms with E-state index < -0.39 is 0 Å². The van der Waals surface area contributed by atoms with E-state index in [0.29, 0.717) is 19.0 Å². The third-order valence-corrected chi connectivity index (χ3v) is 2.94. The molecule has 0 radical (unpaired) electrons. The second-order valence-corrected chi connectivity index (χ2v) is 4.50. The number of nitrogens with one attached hydrogen (secondary N) is 1. The second-order valence-electron chi connectivity index (χ2n) is 4.50. The summed E-state index contributed by atoms with van der Waals surface area (Å²) in [4.78, 5) is 8.69. The van der Waals surface area contributed by atoms with Crippen molar-refractivity contribution in [2.45, 2.75) is 13.5 Å². The van der Waals surface area contributed by atoms with Crippen molar-refractivity contribution in [2.75, 3.05) is 20.3 Å². The lowest BCUT2D eigenvalue weighted by molar-refractivity contribution is 0.199. The highest BCUT2D eigenvalue weighted by atomic mass is 19.1. The SMILES string of the molecule is COCCNCc1ccnc(-c2cc(F)ccc2C)n1. The summed E-state index contributed by atoms with van der Waals surface area (Å²) in [5.74, 6) is 0.269. The van der Waals surface area contributed by atoms with Gasteiger partial charge >= 0.3 is 0 Å². The Balaban J connectivity index is 2.14. The minimum absolute atomic E-state index is 0.280. The lowest BCUT2D eigenvalue weighted by Gasteiger charge is -2.07. The van der Waals surface area contributed by atoms with Crippen LogP contribution in [0.1, 0.15) is 11.3 Å². The first kappa shape index (κ1) is 14.6. The highest BCUT2D eigenvalue weighted by Crippen LogP contribution is 2.20. The fourth-order valence-electron chi connectivity index (χ4n) is 1.85. The van der Waals surface area contributed by atoms with Crippen LogP contribution in [-0.4, -0.2) is 30.2 Å². The van der Waals surface area contributed by atoms with Crippen molar-refractivity contribution in [3.63, 3.8) is 0 Å². The van der Waals surface area contributed by atoms with Crippen molar-refractivity contribution in [3.8, 4) is 11.4 Å². The first-order valence-corrected chi connectivity index (χ1v) is 6.49. The number of hydrogen-bond donors (Lipinski definition) is 1. The van der Waals surface area contributed by atoms with Crippen LogP contribution in [-0.2, 0) is 11.3 Å². The van der Waals surface area contributed by atoms with Gasteiger partial charge in [-0.2, -0.15) is 0 Å². The molecule has 0 saturated carbocycles. The molecular weight excluding hydrogens is 257 g/mol. The molecule has 4 nitrogen and oxygen atoms in total. The van der Waals surface area contributed by atoms with Crippen LogP contribution >= 0.6 is 0 Å². The fraction of sp³-hybridized carbons (Fsp3) is 0.333. The van der Waals surface area contributed by atoms with Gasteiger partial charge in [0.05, 0.1) is 12.3 Å². The largest absolute Gasteiger partial charge is 0.383 e.